The summed E-state index contributed by atoms with van der Waals surface area (Å²) in [7, 11) is 0. The summed E-state index contributed by atoms with van der Waals surface area (Å²) < 4.78 is 0. The van der Waals surface area contributed by atoms with Crippen molar-refractivity contribution in [2.45, 2.75) is 6.54 Å². The summed E-state index contributed by atoms with van der Waals surface area (Å²) in [6.45, 7) is 0.333. The molecular formula is C16H12N4O3S. The van der Waals surface area contributed by atoms with Gasteiger partial charge in [-0.2, -0.15) is 5.11 Å². The highest BCUT2D eigenvalue weighted by Gasteiger charge is 2.09. The molecule has 7 nitrogen and oxygen atoms in total. The molecule has 0 fully saturated rings. The first-order chi connectivity index (χ1) is 11.6. The van der Waals surface area contributed by atoms with Gasteiger partial charge in [0.1, 0.15) is 5.75 Å². The minimum atomic E-state index is -0.439. The first kappa shape index (κ1) is 15.8. The number of aromatic nitrogens is 1. The number of phenolic OH excluding ortho intramolecular Hbond substituents is 1. The molecule has 0 unspecified atom stereocenters. The van der Waals surface area contributed by atoms with Crippen molar-refractivity contribution < 1.29 is 10.0 Å². The molecule has 2 aromatic carbocycles. The Morgan fingerprint density at radius 3 is 2.83 bits per heavy atom. The van der Waals surface area contributed by atoms with E-state index in [4.69, 9.17) is 0 Å². The molecule has 0 aliphatic rings. The Morgan fingerprint density at radius 1 is 1.21 bits per heavy atom. The lowest BCUT2D eigenvalue weighted by Gasteiger charge is -1.96. The zero-order valence-electron chi connectivity index (χ0n) is 12.4. The van der Waals surface area contributed by atoms with Crippen LogP contribution in [0.25, 0.3) is 11.3 Å². The molecule has 0 saturated carbocycles. The van der Waals surface area contributed by atoms with Gasteiger partial charge in [-0.25, -0.2) is 4.98 Å². The van der Waals surface area contributed by atoms with Crippen LogP contribution < -0.4 is 0 Å². The largest absolute Gasteiger partial charge is 0.508 e. The summed E-state index contributed by atoms with van der Waals surface area (Å²) in [6, 6.07) is 13.1. The Labute approximate surface area is 141 Å². The molecule has 3 aromatic rings. The second kappa shape index (κ2) is 6.97. The van der Waals surface area contributed by atoms with Crippen molar-refractivity contribution in [1.82, 2.24) is 4.98 Å². The van der Waals surface area contributed by atoms with Gasteiger partial charge in [0.2, 0.25) is 5.13 Å². The fourth-order valence-corrected chi connectivity index (χ4v) is 2.72. The molecular weight excluding hydrogens is 328 g/mol. The van der Waals surface area contributed by atoms with Crippen LogP contribution in [0.2, 0.25) is 0 Å². The zero-order valence-corrected chi connectivity index (χ0v) is 13.2. The van der Waals surface area contributed by atoms with Gasteiger partial charge in [-0.1, -0.05) is 24.3 Å². The molecule has 0 radical (unpaired) electrons. The highest BCUT2D eigenvalue weighted by Crippen LogP contribution is 2.29. The number of thiazole rings is 1. The average molecular weight is 340 g/mol. The van der Waals surface area contributed by atoms with E-state index in [0.717, 1.165) is 5.56 Å². The standard InChI is InChI=1S/C16H12N4O3S/c21-14-6-1-3-11(7-14)9-17-19-16-18-15(10-24-16)12-4-2-5-13(8-12)20(22)23/h1-8,10,21H,9H2. The Kier molecular flexibility index (Phi) is 4.57. The number of benzene rings is 2. The van der Waals surface area contributed by atoms with Crippen molar-refractivity contribution in [3.05, 3.63) is 69.6 Å². The minimum Gasteiger partial charge on any atom is -0.508 e. The summed E-state index contributed by atoms with van der Waals surface area (Å²) in [4.78, 5) is 14.7. The molecule has 0 bridgehead atoms. The summed E-state index contributed by atoms with van der Waals surface area (Å²) >= 11 is 1.31. The molecule has 0 spiro atoms. The number of rotatable bonds is 5. The number of phenols is 1. The molecule has 3 rings (SSSR count). The van der Waals surface area contributed by atoms with Crippen LogP contribution in [0.4, 0.5) is 10.8 Å². The van der Waals surface area contributed by atoms with Crippen LogP contribution in [0.3, 0.4) is 0 Å². The lowest BCUT2D eigenvalue weighted by Crippen LogP contribution is -1.87. The predicted molar refractivity (Wildman–Crippen MR) is 90.5 cm³/mol. The van der Waals surface area contributed by atoms with Gasteiger partial charge in [0, 0.05) is 23.1 Å². The number of hydrogen-bond donors (Lipinski definition) is 1. The normalized spacial score (nSPS) is 11.0. The number of nitrogens with zero attached hydrogens (tertiary/aromatic N) is 4. The van der Waals surface area contributed by atoms with Gasteiger partial charge in [-0.15, -0.1) is 16.5 Å². The lowest BCUT2D eigenvalue weighted by molar-refractivity contribution is -0.384. The van der Waals surface area contributed by atoms with Gasteiger partial charge in [0.15, 0.2) is 0 Å². The summed E-state index contributed by atoms with van der Waals surface area (Å²) in [5, 5.41) is 30.6. The highest BCUT2D eigenvalue weighted by molar-refractivity contribution is 7.13. The van der Waals surface area contributed by atoms with Gasteiger partial charge in [0.25, 0.3) is 5.69 Å². The molecule has 1 heterocycles. The third-order valence-electron chi connectivity index (χ3n) is 3.16. The molecule has 8 heteroatoms. The van der Waals surface area contributed by atoms with Gasteiger partial charge < -0.3 is 5.11 Å². The van der Waals surface area contributed by atoms with E-state index in [9.17, 15) is 15.2 Å². The number of nitro groups is 1. The van der Waals surface area contributed by atoms with E-state index in [2.05, 4.69) is 15.2 Å². The molecule has 0 aliphatic heterocycles. The molecule has 0 saturated heterocycles. The third kappa shape index (κ3) is 3.79. The topological polar surface area (TPSA) is 101 Å². The van der Waals surface area contributed by atoms with Gasteiger partial charge in [0.05, 0.1) is 17.2 Å². The van der Waals surface area contributed by atoms with Crippen LogP contribution >= 0.6 is 11.3 Å². The maximum Gasteiger partial charge on any atom is 0.270 e. The summed E-state index contributed by atoms with van der Waals surface area (Å²) in [5.41, 5.74) is 2.15. The van der Waals surface area contributed by atoms with Crippen molar-refractivity contribution in [2.75, 3.05) is 0 Å². The predicted octanol–water partition coefficient (Wildman–Crippen LogP) is 4.71. The number of hydrogen-bond acceptors (Lipinski definition) is 7. The summed E-state index contributed by atoms with van der Waals surface area (Å²) in [5.74, 6) is 0.185. The van der Waals surface area contributed by atoms with Gasteiger partial charge in [-0.3, -0.25) is 10.1 Å². The fourth-order valence-electron chi connectivity index (χ4n) is 2.05. The van der Waals surface area contributed by atoms with Gasteiger partial charge in [-0.05, 0) is 17.7 Å². The van der Waals surface area contributed by atoms with E-state index in [-0.39, 0.29) is 11.4 Å². The van der Waals surface area contributed by atoms with Crippen molar-refractivity contribution in [3.63, 3.8) is 0 Å². The van der Waals surface area contributed by atoms with E-state index in [1.807, 2.05) is 6.07 Å². The maximum absolute atomic E-state index is 10.8. The van der Waals surface area contributed by atoms with Crippen LogP contribution in [0.15, 0.2) is 64.1 Å². The van der Waals surface area contributed by atoms with Crippen LogP contribution in [-0.2, 0) is 6.54 Å². The van der Waals surface area contributed by atoms with E-state index < -0.39 is 4.92 Å². The first-order valence-electron chi connectivity index (χ1n) is 6.97. The van der Waals surface area contributed by atoms with Crippen LogP contribution in [-0.4, -0.2) is 15.0 Å². The van der Waals surface area contributed by atoms with Crippen molar-refractivity contribution in [2.24, 2.45) is 10.2 Å². The van der Waals surface area contributed by atoms with Crippen molar-refractivity contribution >= 4 is 22.2 Å². The Balaban J connectivity index is 1.72. The van der Waals surface area contributed by atoms with E-state index in [0.29, 0.717) is 22.9 Å². The van der Waals surface area contributed by atoms with Crippen LogP contribution in [0.5, 0.6) is 5.75 Å². The number of non-ortho nitro benzene ring substituents is 1. The van der Waals surface area contributed by atoms with E-state index in [1.54, 1.807) is 35.7 Å². The SMILES string of the molecule is O=[N+]([O-])c1cccc(-c2csc(N=NCc3cccc(O)c3)n2)c1. The van der Waals surface area contributed by atoms with E-state index in [1.165, 1.54) is 23.5 Å². The monoisotopic (exact) mass is 340 g/mol. The Hall–Kier alpha value is -3.13. The lowest BCUT2D eigenvalue weighted by atomic mass is 10.1. The average Bonchev–Trinajstić information content (AvgIpc) is 3.04. The maximum atomic E-state index is 10.8. The Morgan fingerprint density at radius 2 is 2.04 bits per heavy atom. The highest BCUT2D eigenvalue weighted by atomic mass is 32.1. The quantitative estimate of drug-likeness (QED) is 0.413. The molecule has 120 valence electrons. The third-order valence-corrected chi connectivity index (χ3v) is 3.89. The van der Waals surface area contributed by atoms with Gasteiger partial charge >= 0.3 is 0 Å². The molecule has 1 N–H and O–H groups in total. The number of aromatic hydroxyl groups is 1. The number of azo groups is 1. The van der Waals surface area contributed by atoms with Crippen LogP contribution in [0.1, 0.15) is 5.56 Å². The molecule has 1 aromatic heterocycles. The van der Waals surface area contributed by atoms with E-state index >= 15 is 0 Å². The Bertz CT molecular complexity index is 908. The molecule has 0 amide bonds. The van der Waals surface area contributed by atoms with Crippen LogP contribution in [0, 0.1) is 10.1 Å². The second-order valence-corrected chi connectivity index (χ2v) is 5.73. The molecule has 0 aliphatic carbocycles. The number of nitro benzene ring substituents is 1. The molecule has 24 heavy (non-hydrogen) atoms. The summed E-state index contributed by atoms with van der Waals surface area (Å²) in [6.07, 6.45) is 0. The smallest absolute Gasteiger partial charge is 0.270 e. The van der Waals surface area contributed by atoms with Crippen molar-refractivity contribution in [3.8, 4) is 17.0 Å². The minimum absolute atomic E-state index is 0.0209. The zero-order chi connectivity index (χ0) is 16.9. The first-order valence-corrected chi connectivity index (χ1v) is 7.85. The fraction of sp³-hybridized carbons (Fsp3) is 0.0625. The van der Waals surface area contributed by atoms with Crippen molar-refractivity contribution in [1.29, 1.82) is 0 Å². The molecule has 0 atom stereocenters. The second-order valence-electron chi connectivity index (χ2n) is 4.89.